The van der Waals surface area contributed by atoms with Crippen LogP contribution in [0, 0.1) is 0 Å². The molecule has 0 aromatic heterocycles. The Bertz CT molecular complexity index is 598. The van der Waals surface area contributed by atoms with Crippen LogP contribution in [0.4, 0.5) is 4.79 Å². The molecule has 6 heteroatoms. The Labute approximate surface area is 151 Å². The Hall–Kier alpha value is -1.56. The summed E-state index contributed by atoms with van der Waals surface area (Å²) < 4.78 is 6.21. The van der Waals surface area contributed by atoms with Gasteiger partial charge < -0.3 is 15.0 Å². The van der Waals surface area contributed by atoms with Crippen LogP contribution in [-0.4, -0.2) is 41.6 Å². The van der Waals surface area contributed by atoms with E-state index >= 15 is 0 Å². The highest BCUT2D eigenvalue weighted by atomic mass is 79.9. The van der Waals surface area contributed by atoms with E-state index < -0.39 is 5.60 Å². The smallest absolute Gasteiger partial charge is 0.410 e. The van der Waals surface area contributed by atoms with Crippen LogP contribution in [0.5, 0.6) is 0 Å². The number of carbonyl (C=O) groups excluding carboxylic acids is 2. The first-order valence-electron chi connectivity index (χ1n) is 8.29. The highest BCUT2D eigenvalue weighted by Crippen LogP contribution is 2.18. The first-order chi connectivity index (χ1) is 11.3. The Morgan fingerprint density at radius 3 is 2.58 bits per heavy atom. The zero-order valence-corrected chi connectivity index (χ0v) is 16.1. The second kappa shape index (κ2) is 8.01. The van der Waals surface area contributed by atoms with E-state index in [0.29, 0.717) is 18.7 Å². The maximum atomic E-state index is 12.4. The molecule has 0 aliphatic carbocycles. The number of halogens is 1. The van der Waals surface area contributed by atoms with Crippen molar-refractivity contribution in [1.29, 1.82) is 0 Å². The topological polar surface area (TPSA) is 58.6 Å². The van der Waals surface area contributed by atoms with Gasteiger partial charge >= 0.3 is 6.09 Å². The standard InChI is InChI=1S/C18H25BrN2O3/c1-18(2,3)24-17(23)21-11-6-7-13(10-12-21)20-16(22)14-8-4-5-9-15(14)19/h4-5,8-9,13H,6-7,10-12H2,1-3H3,(H,20,22)/t13-/m0/s1. The highest BCUT2D eigenvalue weighted by molar-refractivity contribution is 9.10. The molecule has 1 aromatic rings. The lowest BCUT2D eigenvalue weighted by molar-refractivity contribution is 0.0256. The molecule has 0 radical (unpaired) electrons. The molecule has 0 spiro atoms. The van der Waals surface area contributed by atoms with Gasteiger partial charge in [0.05, 0.1) is 5.56 Å². The summed E-state index contributed by atoms with van der Waals surface area (Å²) in [5, 5.41) is 3.08. The number of ether oxygens (including phenoxy) is 1. The first-order valence-corrected chi connectivity index (χ1v) is 9.09. The number of hydrogen-bond acceptors (Lipinski definition) is 3. The molecule has 0 bridgehead atoms. The minimum atomic E-state index is -0.489. The maximum Gasteiger partial charge on any atom is 0.410 e. The molecule has 1 N–H and O–H groups in total. The van der Waals surface area contributed by atoms with Gasteiger partial charge in [-0.25, -0.2) is 4.79 Å². The summed E-state index contributed by atoms with van der Waals surface area (Å²) in [5.74, 6) is -0.0850. The van der Waals surface area contributed by atoms with E-state index in [0.717, 1.165) is 23.7 Å². The van der Waals surface area contributed by atoms with Crippen molar-refractivity contribution in [1.82, 2.24) is 10.2 Å². The average molecular weight is 397 g/mol. The summed E-state index contributed by atoms with van der Waals surface area (Å²) in [6, 6.07) is 7.44. The first kappa shape index (κ1) is 18.8. The fraction of sp³-hybridized carbons (Fsp3) is 0.556. The third kappa shape index (κ3) is 5.51. The lowest BCUT2D eigenvalue weighted by atomic mass is 10.1. The largest absolute Gasteiger partial charge is 0.444 e. The van der Waals surface area contributed by atoms with Crippen LogP contribution in [0.1, 0.15) is 50.4 Å². The molecule has 1 aromatic carbocycles. The predicted molar refractivity (Wildman–Crippen MR) is 97.1 cm³/mol. The number of benzene rings is 1. The quantitative estimate of drug-likeness (QED) is 0.822. The normalized spacial score (nSPS) is 18.7. The number of likely N-dealkylation sites (tertiary alicyclic amines) is 1. The zero-order valence-electron chi connectivity index (χ0n) is 14.5. The summed E-state index contributed by atoms with van der Waals surface area (Å²) >= 11 is 3.40. The molecule has 1 atom stereocenters. The van der Waals surface area contributed by atoms with Gasteiger partial charge in [0.1, 0.15) is 5.60 Å². The van der Waals surface area contributed by atoms with E-state index in [1.807, 2.05) is 39.0 Å². The number of carbonyl (C=O) groups is 2. The summed E-state index contributed by atoms with van der Waals surface area (Å²) in [6.45, 7) is 6.85. The van der Waals surface area contributed by atoms with Gasteiger partial charge in [0, 0.05) is 23.6 Å². The molecule has 132 valence electrons. The molecule has 5 nitrogen and oxygen atoms in total. The molecule has 0 saturated carbocycles. The SMILES string of the molecule is CC(C)(C)OC(=O)N1CCC[C@H](NC(=O)c2ccccc2Br)CC1. The fourth-order valence-electron chi connectivity index (χ4n) is 2.66. The maximum absolute atomic E-state index is 12.4. The van der Waals surface area contributed by atoms with Crippen LogP contribution >= 0.6 is 15.9 Å². The van der Waals surface area contributed by atoms with Crippen LogP contribution in [0.15, 0.2) is 28.7 Å². The van der Waals surface area contributed by atoms with Crippen molar-refractivity contribution in [2.45, 2.75) is 51.7 Å². The molecule has 0 unspecified atom stereocenters. The highest BCUT2D eigenvalue weighted by Gasteiger charge is 2.26. The minimum Gasteiger partial charge on any atom is -0.444 e. The number of nitrogens with zero attached hydrogens (tertiary/aromatic N) is 1. The Morgan fingerprint density at radius 1 is 1.21 bits per heavy atom. The van der Waals surface area contributed by atoms with Crippen LogP contribution in [0.25, 0.3) is 0 Å². The molecular weight excluding hydrogens is 372 g/mol. The van der Waals surface area contributed by atoms with E-state index in [9.17, 15) is 9.59 Å². The van der Waals surface area contributed by atoms with E-state index in [1.165, 1.54) is 0 Å². The second-order valence-electron chi connectivity index (χ2n) is 7.05. The minimum absolute atomic E-state index is 0.0667. The third-order valence-electron chi connectivity index (χ3n) is 3.83. The lowest BCUT2D eigenvalue weighted by Crippen LogP contribution is -2.39. The molecule has 1 aliphatic heterocycles. The van der Waals surface area contributed by atoms with Crippen LogP contribution in [0.2, 0.25) is 0 Å². The van der Waals surface area contributed by atoms with Gasteiger partial charge in [0.25, 0.3) is 5.91 Å². The van der Waals surface area contributed by atoms with Gasteiger partial charge in [-0.1, -0.05) is 12.1 Å². The van der Waals surface area contributed by atoms with Crippen molar-refractivity contribution in [3.63, 3.8) is 0 Å². The molecule has 1 saturated heterocycles. The third-order valence-corrected chi connectivity index (χ3v) is 4.52. The van der Waals surface area contributed by atoms with Crippen molar-refractivity contribution in [2.75, 3.05) is 13.1 Å². The number of hydrogen-bond donors (Lipinski definition) is 1. The van der Waals surface area contributed by atoms with Crippen molar-refractivity contribution in [3.8, 4) is 0 Å². The van der Waals surface area contributed by atoms with Gasteiger partial charge in [-0.15, -0.1) is 0 Å². The van der Waals surface area contributed by atoms with E-state index in [1.54, 1.807) is 11.0 Å². The summed E-state index contributed by atoms with van der Waals surface area (Å²) in [6.07, 6.45) is 2.16. The molecule has 1 aliphatic rings. The summed E-state index contributed by atoms with van der Waals surface area (Å²) in [5.41, 5.74) is 0.141. The van der Waals surface area contributed by atoms with Gasteiger partial charge in [-0.3, -0.25) is 4.79 Å². The fourth-order valence-corrected chi connectivity index (χ4v) is 3.12. The van der Waals surface area contributed by atoms with E-state index in [-0.39, 0.29) is 18.0 Å². The molecular formula is C18H25BrN2O3. The Morgan fingerprint density at radius 2 is 1.92 bits per heavy atom. The average Bonchev–Trinajstić information content (AvgIpc) is 2.71. The van der Waals surface area contributed by atoms with Gasteiger partial charge in [0.2, 0.25) is 0 Å². The van der Waals surface area contributed by atoms with Crippen molar-refractivity contribution >= 4 is 27.9 Å². The molecule has 1 heterocycles. The van der Waals surface area contributed by atoms with E-state index in [4.69, 9.17) is 4.74 Å². The van der Waals surface area contributed by atoms with Crippen LogP contribution in [0.3, 0.4) is 0 Å². The predicted octanol–water partition coefficient (Wildman–Crippen LogP) is 3.97. The summed E-state index contributed by atoms with van der Waals surface area (Å²) in [7, 11) is 0. The molecule has 2 amide bonds. The zero-order chi connectivity index (χ0) is 17.7. The molecule has 1 fully saturated rings. The van der Waals surface area contributed by atoms with Gasteiger partial charge in [0.15, 0.2) is 0 Å². The Kier molecular flexibility index (Phi) is 6.27. The van der Waals surface area contributed by atoms with Crippen LogP contribution in [-0.2, 0) is 4.74 Å². The lowest BCUT2D eigenvalue weighted by Gasteiger charge is -2.26. The van der Waals surface area contributed by atoms with Gasteiger partial charge in [-0.2, -0.15) is 0 Å². The molecule has 2 rings (SSSR count). The second-order valence-corrected chi connectivity index (χ2v) is 7.90. The van der Waals surface area contributed by atoms with Crippen molar-refractivity contribution in [2.24, 2.45) is 0 Å². The monoisotopic (exact) mass is 396 g/mol. The number of rotatable bonds is 2. The molecule has 24 heavy (non-hydrogen) atoms. The van der Waals surface area contributed by atoms with Crippen molar-refractivity contribution < 1.29 is 14.3 Å². The van der Waals surface area contributed by atoms with Crippen LogP contribution < -0.4 is 5.32 Å². The number of amides is 2. The van der Waals surface area contributed by atoms with Crippen molar-refractivity contribution in [3.05, 3.63) is 34.3 Å². The van der Waals surface area contributed by atoms with E-state index in [2.05, 4.69) is 21.2 Å². The van der Waals surface area contributed by atoms with Gasteiger partial charge in [-0.05, 0) is 68.1 Å². The number of nitrogens with one attached hydrogen (secondary N) is 1. The summed E-state index contributed by atoms with van der Waals surface area (Å²) in [4.78, 5) is 26.3. The Balaban J connectivity index is 1.90.